The molecule has 0 aliphatic carbocycles. The van der Waals surface area contributed by atoms with Crippen molar-refractivity contribution in [3.63, 3.8) is 0 Å². The smallest absolute Gasteiger partial charge is 0.335 e. The highest BCUT2D eigenvalue weighted by molar-refractivity contribution is 5.87. The van der Waals surface area contributed by atoms with Gasteiger partial charge in [0.05, 0.1) is 10.8 Å². The van der Waals surface area contributed by atoms with Crippen LogP contribution in [0.2, 0.25) is 0 Å². The molecule has 1 fully saturated rings. The number of rotatable bonds is 3. The summed E-state index contributed by atoms with van der Waals surface area (Å²) < 4.78 is 0. The van der Waals surface area contributed by atoms with Crippen molar-refractivity contribution >= 4 is 5.97 Å². The topological polar surface area (TPSA) is 70.0 Å². The van der Waals surface area contributed by atoms with Crippen LogP contribution in [0.3, 0.4) is 0 Å². The Bertz CT molecular complexity index is 434. The van der Waals surface area contributed by atoms with Crippen LogP contribution in [0.5, 0.6) is 0 Å². The minimum Gasteiger partial charge on any atom is -0.478 e. The fourth-order valence-electron chi connectivity index (χ4n) is 2.23. The van der Waals surface area contributed by atoms with Gasteiger partial charge >= 0.3 is 5.97 Å². The van der Waals surface area contributed by atoms with E-state index in [1.807, 2.05) is 6.07 Å². The highest BCUT2D eigenvalue weighted by atomic mass is 16.4. The predicted octanol–water partition coefficient (Wildman–Crippen LogP) is 2.25. The molecule has 0 bridgehead atoms. The summed E-state index contributed by atoms with van der Waals surface area (Å²) in [5, 5.41) is 13.4. The summed E-state index contributed by atoms with van der Waals surface area (Å²) in [4.78, 5) is 21.4. The number of nitrogens with zero attached hydrogens (tertiary/aromatic N) is 2. The first-order valence-corrected chi connectivity index (χ1v) is 5.62. The zero-order chi connectivity index (χ0) is 12.3. The number of carboxylic acids is 1. The number of carboxylic acid groups (broad SMARTS) is 1. The van der Waals surface area contributed by atoms with Crippen molar-refractivity contribution in [2.24, 2.45) is 5.29 Å². The van der Waals surface area contributed by atoms with E-state index >= 15 is 0 Å². The van der Waals surface area contributed by atoms with E-state index in [1.54, 1.807) is 18.2 Å². The van der Waals surface area contributed by atoms with Gasteiger partial charge in [-0.05, 0) is 30.5 Å². The quantitative estimate of drug-likeness (QED) is 0.814. The molecule has 1 aliphatic heterocycles. The Morgan fingerprint density at radius 2 is 2.29 bits per heavy atom. The second-order valence-corrected chi connectivity index (χ2v) is 4.26. The molecule has 5 heteroatoms. The molecule has 1 aliphatic rings. The van der Waals surface area contributed by atoms with E-state index in [9.17, 15) is 9.70 Å². The van der Waals surface area contributed by atoms with Gasteiger partial charge in [0.25, 0.3) is 0 Å². The molecule has 90 valence electrons. The summed E-state index contributed by atoms with van der Waals surface area (Å²) in [7, 11) is 0. The van der Waals surface area contributed by atoms with E-state index in [0.717, 1.165) is 18.4 Å². The van der Waals surface area contributed by atoms with Gasteiger partial charge in [-0.2, -0.15) is 0 Å². The lowest BCUT2D eigenvalue weighted by Crippen LogP contribution is -2.29. The normalized spacial score (nSPS) is 20.0. The summed E-state index contributed by atoms with van der Waals surface area (Å²) in [5.74, 6) is -0.728. The summed E-state index contributed by atoms with van der Waals surface area (Å²) in [6, 6.07) is 6.91. The van der Waals surface area contributed by atoms with Crippen molar-refractivity contribution in [3.8, 4) is 0 Å². The molecule has 2 rings (SSSR count). The Hall–Kier alpha value is -1.91. The minimum atomic E-state index is -0.923. The maximum Gasteiger partial charge on any atom is 0.335 e. The molecule has 1 N–H and O–H groups in total. The fourth-order valence-corrected chi connectivity index (χ4v) is 2.23. The Balaban J connectivity index is 2.18. The second kappa shape index (κ2) is 4.95. The van der Waals surface area contributed by atoms with Crippen LogP contribution in [0.1, 0.15) is 34.7 Å². The summed E-state index contributed by atoms with van der Waals surface area (Å²) in [6.07, 6.45) is 1.88. The first-order valence-electron chi connectivity index (χ1n) is 5.62. The number of piperidine rings is 1. The Kier molecular flexibility index (Phi) is 3.37. The zero-order valence-electron chi connectivity index (χ0n) is 9.37. The summed E-state index contributed by atoms with van der Waals surface area (Å²) in [6.45, 7) is 1.27. The molecular weight excluding hydrogens is 220 g/mol. The largest absolute Gasteiger partial charge is 0.478 e. The standard InChI is InChI=1S/C12H14N2O3/c15-12(16)10-4-1-3-9(7-10)11-5-2-6-14(8-11)13-17/h1,3-4,7,11H,2,5-6,8H2,(H,15,16). The lowest BCUT2D eigenvalue weighted by molar-refractivity contribution is 0.0696. The van der Waals surface area contributed by atoms with Crippen LogP contribution in [0.25, 0.3) is 0 Å². The van der Waals surface area contributed by atoms with Crippen LogP contribution in [-0.2, 0) is 0 Å². The van der Waals surface area contributed by atoms with Crippen molar-refractivity contribution in [3.05, 3.63) is 40.3 Å². The van der Waals surface area contributed by atoms with E-state index < -0.39 is 5.97 Å². The zero-order valence-corrected chi connectivity index (χ0v) is 9.37. The molecule has 1 unspecified atom stereocenters. The SMILES string of the molecule is O=NN1CCCC(c2cccc(C(=O)O)c2)C1. The second-order valence-electron chi connectivity index (χ2n) is 4.26. The van der Waals surface area contributed by atoms with Gasteiger partial charge in [-0.15, -0.1) is 4.91 Å². The van der Waals surface area contributed by atoms with Crippen molar-refractivity contribution in [1.82, 2.24) is 5.01 Å². The molecular formula is C12H14N2O3. The fraction of sp³-hybridized carbons (Fsp3) is 0.417. The highest BCUT2D eigenvalue weighted by Crippen LogP contribution is 2.27. The maximum absolute atomic E-state index is 10.9. The lowest BCUT2D eigenvalue weighted by Gasteiger charge is -2.28. The van der Waals surface area contributed by atoms with Crippen LogP contribution < -0.4 is 0 Å². The van der Waals surface area contributed by atoms with Crippen LogP contribution in [0, 0.1) is 4.91 Å². The summed E-state index contributed by atoms with van der Waals surface area (Å²) in [5.41, 5.74) is 1.26. The van der Waals surface area contributed by atoms with Crippen molar-refractivity contribution in [2.75, 3.05) is 13.1 Å². The van der Waals surface area contributed by atoms with Gasteiger partial charge in [-0.3, -0.25) is 5.01 Å². The van der Waals surface area contributed by atoms with Gasteiger partial charge in [0.1, 0.15) is 0 Å². The van der Waals surface area contributed by atoms with Gasteiger partial charge in [-0.1, -0.05) is 12.1 Å². The van der Waals surface area contributed by atoms with Gasteiger partial charge in [0, 0.05) is 19.0 Å². The van der Waals surface area contributed by atoms with Gasteiger partial charge < -0.3 is 5.11 Å². The monoisotopic (exact) mass is 234 g/mol. The third-order valence-corrected chi connectivity index (χ3v) is 3.12. The van der Waals surface area contributed by atoms with Crippen molar-refractivity contribution < 1.29 is 9.90 Å². The molecule has 0 spiro atoms. The molecule has 1 aromatic carbocycles. The van der Waals surface area contributed by atoms with Crippen LogP contribution in [0.15, 0.2) is 29.6 Å². The number of hydrogen-bond donors (Lipinski definition) is 1. The maximum atomic E-state index is 10.9. The number of carbonyl (C=O) groups is 1. The molecule has 1 heterocycles. The molecule has 0 amide bonds. The third-order valence-electron chi connectivity index (χ3n) is 3.12. The van der Waals surface area contributed by atoms with Crippen LogP contribution in [-0.4, -0.2) is 29.2 Å². The van der Waals surface area contributed by atoms with E-state index in [4.69, 9.17) is 5.11 Å². The Labute approximate surface area is 99.0 Å². The molecule has 1 aromatic rings. The first kappa shape index (κ1) is 11.6. The average Bonchev–Trinajstić information content (AvgIpc) is 2.39. The summed E-state index contributed by atoms with van der Waals surface area (Å²) >= 11 is 0. The highest BCUT2D eigenvalue weighted by Gasteiger charge is 2.21. The Morgan fingerprint density at radius 1 is 1.47 bits per heavy atom. The molecule has 0 radical (unpaired) electrons. The number of aromatic carboxylic acids is 1. The van der Waals surface area contributed by atoms with Gasteiger partial charge in [0.15, 0.2) is 0 Å². The van der Waals surface area contributed by atoms with Crippen LogP contribution >= 0.6 is 0 Å². The van der Waals surface area contributed by atoms with Crippen LogP contribution in [0.4, 0.5) is 0 Å². The van der Waals surface area contributed by atoms with Gasteiger partial charge in [-0.25, -0.2) is 4.79 Å². The van der Waals surface area contributed by atoms with Crippen molar-refractivity contribution in [2.45, 2.75) is 18.8 Å². The van der Waals surface area contributed by atoms with E-state index in [-0.39, 0.29) is 5.92 Å². The lowest BCUT2D eigenvalue weighted by atomic mass is 9.90. The number of hydrogen-bond acceptors (Lipinski definition) is 3. The van der Waals surface area contributed by atoms with E-state index in [0.29, 0.717) is 18.7 Å². The molecule has 0 saturated carbocycles. The Morgan fingerprint density at radius 3 is 3.00 bits per heavy atom. The molecule has 1 atom stereocenters. The number of nitroso groups, excluding NO2 is 1. The first-order chi connectivity index (χ1) is 8.20. The van der Waals surface area contributed by atoms with E-state index in [2.05, 4.69) is 5.29 Å². The molecule has 17 heavy (non-hydrogen) atoms. The number of benzene rings is 1. The predicted molar refractivity (Wildman–Crippen MR) is 62.7 cm³/mol. The minimum absolute atomic E-state index is 0.195. The molecule has 5 nitrogen and oxygen atoms in total. The van der Waals surface area contributed by atoms with E-state index in [1.165, 1.54) is 5.01 Å². The molecule has 0 aromatic heterocycles. The van der Waals surface area contributed by atoms with Crippen molar-refractivity contribution in [1.29, 1.82) is 0 Å². The van der Waals surface area contributed by atoms with Gasteiger partial charge in [0.2, 0.25) is 0 Å². The molecule has 1 saturated heterocycles. The average molecular weight is 234 g/mol. The third kappa shape index (κ3) is 2.61.